The van der Waals surface area contributed by atoms with Crippen molar-refractivity contribution in [3.05, 3.63) is 39.3 Å². The number of aromatic nitrogens is 2. The summed E-state index contributed by atoms with van der Waals surface area (Å²) in [4.78, 5) is 11.9. The van der Waals surface area contributed by atoms with E-state index < -0.39 is 15.9 Å². The van der Waals surface area contributed by atoms with Crippen LogP contribution in [-0.4, -0.2) is 24.5 Å². The number of rotatable bonds is 4. The number of carbonyl (C=O) groups excluding carboxylic acids is 1. The predicted octanol–water partition coefficient (Wildman–Crippen LogP) is 1.33. The van der Waals surface area contributed by atoms with Gasteiger partial charge in [-0.15, -0.1) is 10.2 Å². The molecule has 0 saturated carbocycles. The number of benzene rings is 1. The van der Waals surface area contributed by atoms with Gasteiger partial charge in [-0.1, -0.05) is 23.5 Å². The molecule has 10 heteroatoms. The van der Waals surface area contributed by atoms with Crippen LogP contribution in [0, 0.1) is 0 Å². The molecular formula is C11H11ClN4O3S2. The van der Waals surface area contributed by atoms with Crippen molar-refractivity contribution in [3.63, 3.8) is 0 Å². The maximum atomic E-state index is 11.9. The summed E-state index contributed by atoms with van der Waals surface area (Å²) in [6.45, 7) is 1.76. The Morgan fingerprint density at radius 1 is 1.33 bits per heavy atom. The number of sulfonamides is 1. The van der Waals surface area contributed by atoms with Gasteiger partial charge >= 0.3 is 0 Å². The van der Waals surface area contributed by atoms with Gasteiger partial charge < -0.3 is 5.32 Å². The molecule has 0 radical (unpaired) electrons. The Labute approximate surface area is 130 Å². The molecule has 1 atom stereocenters. The Morgan fingerprint density at radius 3 is 2.43 bits per heavy atom. The molecule has 0 saturated heterocycles. The van der Waals surface area contributed by atoms with E-state index in [0.717, 1.165) is 16.9 Å². The summed E-state index contributed by atoms with van der Waals surface area (Å²) in [5, 5.41) is 15.1. The molecule has 7 nitrogen and oxygen atoms in total. The summed E-state index contributed by atoms with van der Waals surface area (Å²) in [6, 6.07) is 5.59. The van der Waals surface area contributed by atoms with Gasteiger partial charge in [0.15, 0.2) is 0 Å². The minimum Gasteiger partial charge on any atom is -0.343 e. The lowest BCUT2D eigenvalue weighted by atomic mass is 10.1. The van der Waals surface area contributed by atoms with E-state index in [0.29, 0.717) is 0 Å². The van der Waals surface area contributed by atoms with Crippen molar-refractivity contribution in [2.45, 2.75) is 17.9 Å². The van der Waals surface area contributed by atoms with E-state index in [1.54, 1.807) is 19.1 Å². The molecule has 0 fully saturated rings. The zero-order valence-electron chi connectivity index (χ0n) is 10.8. The van der Waals surface area contributed by atoms with Crippen LogP contribution in [0.25, 0.3) is 0 Å². The molecule has 2 rings (SSSR count). The molecule has 0 bridgehead atoms. The summed E-state index contributed by atoms with van der Waals surface area (Å²) in [7, 11) is -3.73. The first-order valence-electron chi connectivity index (χ1n) is 5.70. The Kier molecular flexibility index (Phi) is 4.57. The Bertz CT molecular complexity index is 758. The molecule has 1 aromatic carbocycles. The number of nitrogens with one attached hydrogen (secondary N) is 1. The van der Waals surface area contributed by atoms with Crippen molar-refractivity contribution in [3.8, 4) is 0 Å². The Balaban J connectivity index is 2.10. The van der Waals surface area contributed by atoms with Crippen LogP contribution in [0.3, 0.4) is 0 Å². The average molecular weight is 347 g/mol. The molecular weight excluding hydrogens is 336 g/mol. The van der Waals surface area contributed by atoms with Gasteiger partial charge in [0.1, 0.15) is 0 Å². The van der Waals surface area contributed by atoms with Crippen molar-refractivity contribution < 1.29 is 13.2 Å². The normalized spacial score (nSPS) is 12.9. The van der Waals surface area contributed by atoms with Crippen LogP contribution >= 0.6 is 22.9 Å². The van der Waals surface area contributed by atoms with E-state index in [1.807, 2.05) is 0 Å². The average Bonchev–Trinajstić information content (AvgIpc) is 2.84. The lowest BCUT2D eigenvalue weighted by Gasteiger charge is -2.13. The molecule has 0 aliphatic rings. The fourth-order valence-corrected chi connectivity index (χ4v) is 2.83. The molecule has 1 amide bonds. The topological polar surface area (TPSA) is 115 Å². The van der Waals surface area contributed by atoms with Crippen LogP contribution in [0.15, 0.2) is 29.2 Å². The number of halogens is 1. The largest absolute Gasteiger partial charge is 0.343 e. The van der Waals surface area contributed by atoms with Crippen LogP contribution in [0.2, 0.25) is 4.47 Å². The fraction of sp³-hybridized carbons (Fsp3) is 0.182. The minimum atomic E-state index is -3.73. The van der Waals surface area contributed by atoms with Crippen molar-refractivity contribution in [1.82, 2.24) is 15.5 Å². The third-order valence-corrected chi connectivity index (χ3v) is 4.60. The third-order valence-electron chi connectivity index (χ3n) is 2.65. The number of hydrogen-bond acceptors (Lipinski definition) is 6. The van der Waals surface area contributed by atoms with Crippen LogP contribution < -0.4 is 10.5 Å². The quantitative estimate of drug-likeness (QED) is 0.866. The monoisotopic (exact) mass is 346 g/mol. The first-order chi connectivity index (χ1) is 9.77. The first kappa shape index (κ1) is 15.8. The summed E-state index contributed by atoms with van der Waals surface area (Å²) in [6.07, 6.45) is 0. The maximum Gasteiger partial charge on any atom is 0.282 e. The third kappa shape index (κ3) is 3.97. The molecule has 2 aromatic rings. The summed E-state index contributed by atoms with van der Waals surface area (Å²) < 4.78 is 22.5. The van der Waals surface area contributed by atoms with Crippen molar-refractivity contribution >= 4 is 38.9 Å². The molecule has 0 aliphatic carbocycles. The second-order valence-corrected chi connectivity index (χ2v) is 7.29. The van der Waals surface area contributed by atoms with Gasteiger partial charge in [-0.05, 0) is 36.2 Å². The number of amides is 1. The van der Waals surface area contributed by atoms with Crippen LogP contribution in [-0.2, 0) is 10.0 Å². The van der Waals surface area contributed by atoms with Gasteiger partial charge in [-0.3, -0.25) is 4.79 Å². The van der Waals surface area contributed by atoms with Crippen LogP contribution in [0.1, 0.15) is 28.3 Å². The fourth-order valence-electron chi connectivity index (χ4n) is 1.58. The molecule has 1 aromatic heterocycles. The van der Waals surface area contributed by atoms with E-state index in [4.69, 9.17) is 16.7 Å². The molecule has 0 spiro atoms. The SMILES string of the molecule is CC(NC(=O)c1nnc(Cl)s1)c1ccc(S(N)(=O)=O)cc1. The highest BCUT2D eigenvalue weighted by Gasteiger charge is 2.16. The van der Waals surface area contributed by atoms with E-state index in [-0.39, 0.29) is 20.4 Å². The van der Waals surface area contributed by atoms with Crippen molar-refractivity contribution in [2.24, 2.45) is 5.14 Å². The molecule has 1 unspecified atom stereocenters. The van der Waals surface area contributed by atoms with Gasteiger partial charge in [0.25, 0.3) is 5.91 Å². The predicted molar refractivity (Wildman–Crippen MR) is 78.6 cm³/mol. The zero-order valence-corrected chi connectivity index (χ0v) is 13.2. The Morgan fingerprint density at radius 2 is 1.95 bits per heavy atom. The summed E-state index contributed by atoms with van der Waals surface area (Å²) >= 11 is 6.59. The highest BCUT2D eigenvalue weighted by Crippen LogP contribution is 2.18. The molecule has 0 aliphatic heterocycles. The number of nitrogens with zero attached hydrogens (tertiary/aromatic N) is 2. The highest BCUT2D eigenvalue weighted by atomic mass is 35.5. The van der Waals surface area contributed by atoms with Gasteiger partial charge in [0.2, 0.25) is 19.5 Å². The number of carbonyl (C=O) groups is 1. The standard InChI is InChI=1S/C11H11ClN4O3S2/c1-6(14-9(17)10-15-16-11(12)20-10)7-2-4-8(5-3-7)21(13,18)19/h2-6H,1H3,(H,14,17)(H2,13,18,19). The number of primary sulfonamides is 1. The van der Waals surface area contributed by atoms with Gasteiger partial charge in [-0.25, -0.2) is 13.6 Å². The second kappa shape index (κ2) is 6.06. The molecule has 112 valence electrons. The van der Waals surface area contributed by atoms with Crippen molar-refractivity contribution in [2.75, 3.05) is 0 Å². The smallest absolute Gasteiger partial charge is 0.282 e. The maximum absolute atomic E-state index is 11.9. The summed E-state index contributed by atoms with van der Waals surface area (Å²) in [5.41, 5.74) is 0.728. The van der Waals surface area contributed by atoms with Crippen LogP contribution in [0.5, 0.6) is 0 Å². The lowest BCUT2D eigenvalue weighted by Crippen LogP contribution is -2.26. The van der Waals surface area contributed by atoms with Gasteiger partial charge in [0.05, 0.1) is 10.9 Å². The summed E-state index contributed by atoms with van der Waals surface area (Å²) in [5.74, 6) is -0.401. The molecule has 1 heterocycles. The van der Waals surface area contributed by atoms with Crippen LogP contribution in [0.4, 0.5) is 0 Å². The zero-order chi connectivity index (χ0) is 15.6. The highest BCUT2D eigenvalue weighted by molar-refractivity contribution is 7.89. The second-order valence-electron chi connectivity index (χ2n) is 4.17. The minimum absolute atomic E-state index is 0.0145. The lowest BCUT2D eigenvalue weighted by molar-refractivity contribution is 0.0938. The number of nitrogens with two attached hydrogens (primary N) is 1. The van der Waals surface area contributed by atoms with Crippen molar-refractivity contribution in [1.29, 1.82) is 0 Å². The van der Waals surface area contributed by atoms with E-state index >= 15 is 0 Å². The molecule has 3 N–H and O–H groups in total. The molecule has 21 heavy (non-hydrogen) atoms. The first-order valence-corrected chi connectivity index (χ1v) is 8.44. The van der Waals surface area contributed by atoms with Gasteiger partial charge in [0, 0.05) is 0 Å². The van der Waals surface area contributed by atoms with E-state index in [2.05, 4.69) is 15.5 Å². The van der Waals surface area contributed by atoms with E-state index in [1.165, 1.54) is 12.1 Å². The Hall–Kier alpha value is -1.55. The van der Waals surface area contributed by atoms with E-state index in [9.17, 15) is 13.2 Å². The van der Waals surface area contributed by atoms with Gasteiger partial charge in [-0.2, -0.15) is 0 Å². The number of hydrogen-bond donors (Lipinski definition) is 2.